The van der Waals surface area contributed by atoms with Crippen LogP contribution in [0, 0.1) is 6.92 Å². The number of furan rings is 1. The maximum atomic E-state index is 11.2. The van der Waals surface area contributed by atoms with E-state index >= 15 is 0 Å². The van der Waals surface area contributed by atoms with E-state index in [4.69, 9.17) is 10.3 Å². The summed E-state index contributed by atoms with van der Waals surface area (Å²) in [7, 11) is 1.84. The van der Waals surface area contributed by atoms with E-state index in [-0.39, 0.29) is 11.9 Å². The van der Waals surface area contributed by atoms with Crippen molar-refractivity contribution in [1.29, 1.82) is 0 Å². The summed E-state index contributed by atoms with van der Waals surface area (Å²) in [6.07, 6.45) is 0. The molecule has 1 amide bonds. The van der Waals surface area contributed by atoms with Gasteiger partial charge in [0, 0.05) is 0 Å². The summed E-state index contributed by atoms with van der Waals surface area (Å²) in [6, 6.07) is 3.52. The lowest BCUT2D eigenvalue weighted by atomic mass is 10.2. The molecule has 1 heterocycles. The highest BCUT2D eigenvalue weighted by Gasteiger charge is 2.17. The largest absolute Gasteiger partial charge is 0.465 e. The van der Waals surface area contributed by atoms with Gasteiger partial charge in [-0.3, -0.25) is 15.1 Å². The van der Waals surface area contributed by atoms with Crippen molar-refractivity contribution in [3.05, 3.63) is 23.7 Å². The maximum Gasteiger partial charge on any atom is 0.250 e. The Bertz CT molecular complexity index is 335. The molecule has 0 aliphatic rings. The first-order valence-electron chi connectivity index (χ1n) is 4.80. The molecule has 1 atom stereocenters. The quantitative estimate of drug-likeness (QED) is 0.429. The number of carbonyl (C=O) groups is 1. The molecule has 0 saturated carbocycles. The van der Waals surface area contributed by atoms with E-state index in [0.717, 1.165) is 11.5 Å². The van der Waals surface area contributed by atoms with Gasteiger partial charge in [-0.15, -0.1) is 0 Å². The predicted molar refractivity (Wildman–Crippen MR) is 56.7 cm³/mol. The monoisotopic (exact) mass is 211 g/mol. The molecule has 1 unspecified atom stereocenters. The lowest BCUT2D eigenvalue weighted by Gasteiger charge is -2.21. The Morgan fingerprint density at radius 1 is 1.67 bits per heavy atom. The second-order valence-electron chi connectivity index (χ2n) is 3.61. The number of hydrazine groups is 1. The van der Waals surface area contributed by atoms with Crippen molar-refractivity contribution < 1.29 is 9.21 Å². The Morgan fingerprint density at radius 2 is 2.33 bits per heavy atom. The minimum Gasteiger partial charge on any atom is -0.465 e. The summed E-state index contributed by atoms with van der Waals surface area (Å²) in [6.45, 7) is 4.26. The van der Waals surface area contributed by atoms with Crippen LogP contribution in [0.15, 0.2) is 16.5 Å². The second-order valence-corrected chi connectivity index (χ2v) is 3.61. The van der Waals surface area contributed by atoms with Gasteiger partial charge in [-0.25, -0.2) is 5.84 Å². The third kappa shape index (κ3) is 3.07. The summed E-state index contributed by atoms with van der Waals surface area (Å²) in [5.74, 6) is 6.56. The number of likely N-dealkylation sites (N-methyl/N-ethyl adjacent to an activating group) is 1. The zero-order chi connectivity index (χ0) is 11.4. The molecule has 0 spiro atoms. The summed E-state index contributed by atoms with van der Waals surface area (Å²) < 4.78 is 5.41. The minimum atomic E-state index is -0.277. The highest BCUT2D eigenvalue weighted by atomic mass is 16.3. The first-order chi connectivity index (χ1) is 7.04. The normalized spacial score (nSPS) is 12.9. The van der Waals surface area contributed by atoms with Crippen LogP contribution in [-0.4, -0.2) is 23.9 Å². The Balaban J connectivity index is 2.55. The molecule has 0 fully saturated rings. The van der Waals surface area contributed by atoms with Gasteiger partial charge in [-0.2, -0.15) is 0 Å². The zero-order valence-corrected chi connectivity index (χ0v) is 9.28. The standard InChI is InChI=1S/C10H17N3O2/c1-7-4-5-9(15-7)6-13(3)8(2)10(14)12-11/h4-5,8H,6,11H2,1-3H3,(H,12,14). The van der Waals surface area contributed by atoms with Crippen molar-refractivity contribution in [2.24, 2.45) is 5.84 Å². The fourth-order valence-corrected chi connectivity index (χ4v) is 1.27. The van der Waals surface area contributed by atoms with E-state index < -0.39 is 0 Å². The zero-order valence-electron chi connectivity index (χ0n) is 9.28. The molecule has 1 aromatic heterocycles. The summed E-state index contributed by atoms with van der Waals surface area (Å²) >= 11 is 0. The number of hydrogen-bond acceptors (Lipinski definition) is 4. The van der Waals surface area contributed by atoms with E-state index in [1.807, 2.05) is 31.0 Å². The highest BCUT2D eigenvalue weighted by Crippen LogP contribution is 2.10. The van der Waals surface area contributed by atoms with Crippen LogP contribution < -0.4 is 11.3 Å². The van der Waals surface area contributed by atoms with Crippen molar-refractivity contribution in [3.8, 4) is 0 Å². The lowest BCUT2D eigenvalue weighted by molar-refractivity contribution is -0.125. The number of amides is 1. The molecular formula is C10H17N3O2. The van der Waals surface area contributed by atoms with Crippen LogP contribution in [0.5, 0.6) is 0 Å². The predicted octanol–water partition coefficient (Wildman–Crippen LogP) is 0.398. The molecule has 0 aliphatic heterocycles. The molecule has 1 aromatic rings. The number of nitrogens with two attached hydrogens (primary N) is 1. The molecule has 0 saturated heterocycles. The van der Waals surface area contributed by atoms with Gasteiger partial charge in [0.25, 0.3) is 5.91 Å². The molecular weight excluding hydrogens is 194 g/mol. The number of aryl methyl sites for hydroxylation is 1. The molecule has 15 heavy (non-hydrogen) atoms. The van der Waals surface area contributed by atoms with Crippen LogP contribution in [0.3, 0.4) is 0 Å². The lowest BCUT2D eigenvalue weighted by Crippen LogP contribution is -2.45. The number of carbonyl (C=O) groups excluding carboxylic acids is 1. The van der Waals surface area contributed by atoms with Crippen LogP contribution in [0.4, 0.5) is 0 Å². The van der Waals surface area contributed by atoms with Gasteiger partial charge in [-0.1, -0.05) is 0 Å². The van der Waals surface area contributed by atoms with Crippen molar-refractivity contribution in [1.82, 2.24) is 10.3 Å². The molecule has 3 N–H and O–H groups in total. The fraction of sp³-hybridized carbons (Fsp3) is 0.500. The van der Waals surface area contributed by atoms with Crippen molar-refractivity contribution in [2.75, 3.05) is 7.05 Å². The van der Waals surface area contributed by atoms with E-state index in [2.05, 4.69) is 5.43 Å². The fourth-order valence-electron chi connectivity index (χ4n) is 1.27. The molecule has 5 heteroatoms. The minimum absolute atomic E-state index is 0.208. The van der Waals surface area contributed by atoms with Gasteiger partial charge >= 0.3 is 0 Å². The Hall–Kier alpha value is -1.33. The number of rotatable bonds is 4. The third-order valence-corrected chi connectivity index (χ3v) is 2.38. The maximum absolute atomic E-state index is 11.2. The average molecular weight is 211 g/mol. The number of nitrogens with one attached hydrogen (secondary N) is 1. The van der Waals surface area contributed by atoms with E-state index in [9.17, 15) is 4.79 Å². The molecule has 0 aromatic carbocycles. The van der Waals surface area contributed by atoms with Gasteiger partial charge in [0.15, 0.2) is 0 Å². The highest BCUT2D eigenvalue weighted by molar-refractivity contribution is 5.80. The summed E-state index contributed by atoms with van der Waals surface area (Å²) in [4.78, 5) is 13.1. The van der Waals surface area contributed by atoms with E-state index in [1.54, 1.807) is 6.92 Å². The average Bonchev–Trinajstić information content (AvgIpc) is 2.61. The third-order valence-electron chi connectivity index (χ3n) is 2.38. The van der Waals surface area contributed by atoms with Gasteiger partial charge < -0.3 is 4.42 Å². The van der Waals surface area contributed by atoms with Crippen LogP contribution in [-0.2, 0) is 11.3 Å². The van der Waals surface area contributed by atoms with Gasteiger partial charge in [-0.05, 0) is 33.0 Å². The molecule has 84 valence electrons. The van der Waals surface area contributed by atoms with E-state index in [0.29, 0.717) is 6.54 Å². The topological polar surface area (TPSA) is 71.5 Å². The SMILES string of the molecule is Cc1ccc(CN(C)C(C)C(=O)NN)o1. The molecule has 1 rings (SSSR count). The summed E-state index contributed by atoms with van der Waals surface area (Å²) in [5.41, 5.74) is 2.13. The Morgan fingerprint density at radius 3 is 2.80 bits per heavy atom. The first kappa shape index (κ1) is 11.7. The Kier molecular flexibility index (Phi) is 3.88. The van der Waals surface area contributed by atoms with Gasteiger partial charge in [0.2, 0.25) is 0 Å². The van der Waals surface area contributed by atoms with Crippen molar-refractivity contribution in [2.45, 2.75) is 26.4 Å². The molecule has 0 radical (unpaired) electrons. The van der Waals surface area contributed by atoms with Crippen LogP contribution >= 0.6 is 0 Å². The van der Waals surface area contributed by atoms with Crippen LogP contribution in [0.1, 0.15) is 18.4 Å². The van der Waals surface area contributed by atoms with Crippen LogP contribution in [0.25, 0.3) is 0 Å². The molecule has 5 nitrogen and oxygen atoms in total. The Labute approximate surface area is 89.2 Å². The van der Waals surface area contributed by atoms with Gasteiger partial charge in [0.05, 0.1) is 12.6 Å². The van der Waals surface area contributed by atoms with Gasteiger partial charge in [0.1, 0.15) is 11.5 Å². The first-order valence-corrected chi connectivity index (χ1v) is 4.80. The molecule has 0 bridgehead atoms. The van der Waals surface area contributed by atoms with Crippen molar-refractivity contribution in [3.63, 3.8) is 0 Å². The van der Waals surface area contributed by atoms with Crippen molar-refractivity contribution >= 4 is 5.91 Å². The number of nitrogens with zero attached hydrogens (tertiary/aromatic N) is 1. The molecule has 0 aliphatic carbocycles. The second kappa shape index (κ2) is 4.95. The summed E-state index contributed by atoms with van der Waals surface area (Å²) in [5, 5.41) is 0. The smallest absolute Gasteiger partial charge is 0.250 e. The van der Waals surface area contributed by atoms with Crippen LogP contribution in [0.2, 0.25) is 0 Å². The number of hydrogen-bond donors (Lipinski definition) is 2. The van der Waals surface area contributed by atoms with E-state index in [1.165, 1.54) is 0 Å².